The molecule has 7 rings (SSSR count). The van der Waals surface area contributed by atoms with Crippen molar-refractivity contribution in [2.24, 2.45) is 0 Å². The summed E-state index contributed by atoms with van der Waals surface area (Å²) in [5, 5.41) is 0. The van der Waals surface area contributed by atoms with Crippen LogP contribution < -0.4 is 44.8 Å². The molecule has 0 spiro atoms. The van der Waals surface area contributed by atoms with Crippen molar-refractivity contribution in [2.75, 3.05) is 20.4 Å². The van der Waals surface area contributed by atoms with Gasteiger partial charge in [-0.3, -0.25) is 0 Å². The lowest BCUT2D eigenvalue weighted by molar-refractivity contribution is 0.173. The van der Waals surface area contributed by atoms with Crippen molar-refractivity contribution < 1.29 is 42.1 Å². The number of ether oxygens (including phenoxy) is 6. The molecular weight excluding hydrogens is 429 g/mol. The van der Waals surface area contributed by atoms with Crippen molar-refractivity contribution in [2.45, 2.75) is 0 Å². The van der Waals surface area contributed by atoms with E-state index in [1.54, 1.807) is 0 Å². The first kappa shape index (κ1) is 19.0. The van der Waals surface area contributed by atoms with Crippen LogP contribution in [-0.2, 0) is 13.7 Å². The van der Waals surface area contributed by atoms with Gasteiger partial charge in [-0.1, -0.05) is 18.2 Å². The summed E-state index contributed by atoms with van der Waals surface area (Å²) in [5.41, 5.74) is 2.33. The van der Waals surface area contributed by atoms with Gasteiger partial charge < -0.3 is 42.1 Å². The average molecular weight is 444 g/mol. The molecule has 162 valence electrons. The van der Waals surface area contributed by atoms with Crippen molar-refractivity contribution in [1.29, 1.82) is 0 Å². The summed E-state index contributed by atoms with van der Waals surface area (Å²) in [6, 6.07) is 16.7. The van der Waals surface area contributed by atoms with E-state index < -0.39 is 21.4 Å². The quantitative estimate of drug-likeness (QED) is 0.535. The standard InChI is InChI=1S/C21H15B3O9/c1-4-16-19(28-10-25-16)7-13(1)22-31-23(14-2-5-17-20(8-14)29-11-26-17)33-24(32-22)15-3-6-18-21(9-15)30-12-27-18/h1-9H,10-12H2. The van der Waals surface area contributed by atoms with E-state index in [-0.39, 0.29) is 20.4 Å². The Morgan fingerprint density at radius 1 is 0.394 bits per heavy atom. The lowest BCUT2D eigenvalue weighted by Crippen LogP contribution is -2.61. The van der Waals surface area contributed by atoms with Crippen LogP contribution in [-0.4, -0.2) is 41.7 Å². The average Bonchev–Trinajstić information content (AvgIpc) is 3.62. The van der Waals surface area contributed by atoms with Crippen LogP contribution in [0.15, 0.2) is 54.6 Å². The highest BCUT2D eigenvalue weighted by atomic mass is 16.7. The van der Waals surface area contributed by atoms with Gasteiger partial charge in [0.15, 0.2) is 34.5 Å². The van der Waals surface area contributed by atoms with Crippen LogP contribution in [0.4, 0.5) is 0 Å². The minimum absolute atomic E-state index is 0.188. The van der Waals surface area contributed by atoms with E-state index in [4.69, 9.17) is 42.1 Å². The van der Waals surface area contributed by atoms with Gasteiger partial charge in [-0.25, -0.2) is 0 Å². The summed E-state index contributed by atoms with van der Waals surface area (Å²) in [6.07, 6.45) is 0. The number of benzene rings is 3. The zero-order chi connectivity index (χ0) is 21.8. The van der Waals surface area contributed by atoms with Gasteiger partial charge in [-0.05, 0) is 52.8 Å². The summed E-state index contributed by atoms with van der Waals surface area (Å²) < 4.78 is 51.6. The van der Waals surface area contributed by atoms with Gasteiger partial charge in [0.1, 0.15) is 0 Å². The third-order valence-corrected chi connectivity index (χ3v) is 5.75. The Labute approximate surface area is 189 Å². The summed E-state index contributed by atoms with van der Waals surface area (Å²) >= 11 is 0. The van der Waals surface area contributed by atoms with E-state index in [1.807, 2.05) is 54.6 Å². The largest absolute Gasteiger partial charge is 0.467 e. The molecule has 0 N–H and O–H groups in total. The summed E-state index contributed by atoms with van der Waals surface area (Å²) in [6.45, 7) is 0.565. The first-order chi connectivity index (χ1) is 16.3. The normalized spacial score (nSPS) is 17.6. The van der Waals surface area contributed by atoms with E-state index in [1.165, 1.54) is 0 Å². The van der Waals surface area contributed by atoms with Crippen LogP contribution >= 0.6 is 0 Å². The maximum absolute atomic E-state index is 6.23. The fourth-order valence-electron chi connectivity index (χ4n) is 4.08. The highest BCUT2D eigenvalue weighted by Gasteiger charge is 2.44. The van der Waals surface area contributed by atoms with Crippen molar-refractivity contribution in [3.8, 4) is 34.5 Å². The monoisotopic (exact) mass is 444 g/mol. The number of rotatable bonds is 3. The van der Waals surface area contributed by atoms with E-state index in [0.717, 1.165) is 16.4 Å². The molecule has 4 aliphatic heterocycles. The highest BCUT2D eigenvalue weighted by molar-refractivity contribution is 6.87. The first-order valence-electron chi connectivity index (χ1n) is 10.5. The topological polar surface area (TPSA) is 83.1 Å². The second kappa shape index (κ2) is 7.55. The maximum Gasteiger partial charge on any atom is 0.467 e. The number of hydrogen-bond acceptors (Lipinski definition) is 9. The van der Waals surface area contributed by atoms with Crippen molar-refractivity contribution in [3.63, 3.8) is 0 Å². The minimum atomic E-state index is -0.723. The number of fused-ring (bicyclic) bond motifs is 3. The van der Waals surface area contributed by atoms with Gasteiger partial charge >= 0.3 is 21.4 Å². The zero-order valence-corrected chi connectivity index (χ0v) is 17.2. The third-order valence-electron chi connectivity index (χ3n) is 5.75. The summed E-state index contributed by atoms with van der Waals surface area (Å²) in [7, 11) is -2.17. The van der Waals surface area contributed by atoms with Crippen LogP contribution in [0.25, 0.3) is 0 Å². The van der Waals surface area contributed by atoms with Gasteiger partial charge in [0.05, 0.1) is 0 Å². The lowest BCUT2D eigenvalue weighted by atomic mass is 9.61. The summed E-state index contributed by atoms with van der Waals surface area (Å²) in [4.78, 5) is 0. The van der Waals surface area contributed by atoms with Gasteiger partial charge in [0.25, 0.3) is 0 Å². The molecule has 0 radical (unpaired) electrons. The molecule has 4 aliphatic rings. The van der Waals surface area contributed by atoms with Crippen LogP contribution in [0.5, 0.6) is 34.5 Å². The Balaban J connectivity index is 1.24. The molecule has 0 aliphatic carbocycles. The smallest absolute Gasteiger partial charge is 0.454 e. The van der Waals surface area contributed by atoms with E-state index in [0.29, 0.717) is 34.5 Å². The molecule has 0 saturated carbocycles. The predicted molar refractivity (Wildman–Crippen MR) is 117 cm³/mol. The first-order valence-corrected chi connectivity index (χ1v) is 10.5. The molecule has 0 aromatic heterocycles. The highest BCUT2D eigenvalue weighted by Crippen LogP contribution is 2.33. The Hall–Kier alpha value is -3.47. The Morgan fingerprint density at radius 2 is 0.697 bits per heavy atom. The van der Waals surface area contributed by atoms with Gasteiger partial charge in [-0.2, -0.15) is 0 Å². The SMILES string of the molecule is c1cc2c(cc1B1OB(c3ccc4c(c3)OCO4)OB(c3ccc4c(c3)OCO4)O1)OCO2. The van der Waals surface area contributed by atoms with E-state index >= 15 is 0 Å². The molecule has 3 aromatic rings. The molecule has 0 amide bonds. The van der Waals surface area contributed by atoms with Gasteiger partial charge in [0.2, 0.25) is 20.4 Å². The third kappa shape index (κ3) is 3.34. The molecule has 0 bridgehead atoms. The molecule has 3 aromatic carbocycles. The second-order valence-corrected chi connectivity index (χ2v) is 7.74. The number of hydrogen-bond donors (Lipinski definition) is 0. The van der Waals surface area contributed by atoms with Crippen LogP contribution in [0.1, 0.15) is 0 Å². The molecule has 0 atom stereocenters. The van der Waals surface area contributed by atoms with Crippen LogP contribution in [0, 0.1) is 0 Å². The Morgan fingerprint density at radius 3 is 1.03 bits per heavy atom. The van der Waals surface area contributed by atoms with Gasteiger partial charge in [-0.15, -0.1) is 0 Å². The molecule has 9 nitrogen and oxygen atoms in total. The van der Waals surface area contributed by atoms with Crippen molar-refractivity contribution in [1.82, 2.24) is 0 Å². The fraction of sp³-hybridized carbons (Fsp3) is 0.143. The molecular formula is C21H15B3O9. The zero-order valence-electron chi connectivity index (χ0n) is 17.2. The molecule has 1 fully saturated rings. The lowest BCUT2D eigenvalue weighted by Gasteiger charge is -2.31. The predicted octanol–water partition coefficient (Wildman–Crippen LogP) is 0.422. The molecule has 1 saturated heterocycles. The second-order valence-electron chi connectivity index (χ2n) is 7.74. The maximum atomic E-state index is 6.23. The van der Waals surface area contributed by atoms with Crippen molar-refractivity contribution in [3.05, 3.63) is 54.6 Å². The van der Waals surface area contributed by atoms with Gasteiger partial charge in [0, 0.05) is 0 Å². The molecule has 4 heterocycles. The molecule has 0 unspecified atom stereocenters. The minimum Gasteiger partial charge on any atom is -0.454 e. The Bertz CT molecular complexity index is 1080. The molecule has 33 heavy (non-hydrogen) atoms. The summed E-state index contributed by atoms with van der Waals surface area (Å²) in [5.74, 6) is 3.99. The van der Waals surface area contributed by atoms with Crippen molar-refractivity contribution >= 4 is 37.7 Å². The molecule has 12 heteroatoms. The van der Waals surface area contributed by atoms with E-state index in [9.17, 15) is 0 Å². The van der Waals surface area contributed by atoms with Crippen LogP contribution in [0.2, 0.25) is 0 Å². The fourth-order valence-corrected chi connectivity index (χ4v) is 4.08. The Kier molecular flexibility index (Phi) is 4.36. The van der Waals surface area contributed by atoms with E-state index in [2.05, 4.69) is 0 Å². The van der Waals surface area contributed by atoms with Crippen LogP contribution in [0.3, 0.4) is 0 Å².